The fourth-order valence-corrected chi connectivity index (χ4v) is 2.75. The van der Waals surface area contributed by atoms with Crippen molar-refractivity contribution in [1.29, 1.82) is 0 Å². The van der Waals surface area contributed by atoms with Crippen LogP contribution >= 0.6 is 0 Å². The summed E-state index contributed by atoms with van der Waals surface area (Å²) in [4.78, 5) is 12.7. The van der Waals surface area contributed by atoms with Crippen molar-refractivity contribution < 1.29 is 0 Å². The van der Waals surface area contributed by atoms with Crippen LogP contribution in [0.2, 0.25) is 0 Å². The van der Waals surface area contributed by atoms with E-state index in [1.807, 2.05) is 0 Å². The van der Waals surface area contributed by atoms with Gasteiger partial charge in [0.25, 0.3) is 0 Å². The second kappa shape index (κ2) is 5.47. The summed E-state index contributed by atoms with van der Waals surface area (Å²) in [6.07, 6.45) is 1.71. The molecule has 0 atom stereocenters. The molecule has 110 valence electrons. The maximum absolute atomic E-state index is 5.94. The minimum atomic E-state index is 0.217. The quantitative estimate of drug-likeness (QED) is 0.864. The average molecular weight is 284 g/mol. The molecule has 2 aromatic rings. The van der Waals surface area contributed by atoms with Crippen molar-refractivity contribution in [3.05, 3.63) is 36.0 Å². The predicted molar refractivity (Wildman–Crippen MR) is 86.5 cm³/mol. The summed E-state index contributed by atoms with van der Waals surface area (Å²) in [6.45, 7) is 5.84. The summed E-state index contributed by atoms with van der Waals surface area (Å²) >= 11 is 0. The van der Waals surface area contributed by atoms with Crippen LogP contribution < -0.4 is 21.3 Å². The first-order valence-electron chi connectivity index (χ1n) is 7.08. The lowest BCUT2D eigenvalue weighted by molar-refractivity contribution is 0.651. The zero-order chi connectivity index (χ0) is 14.8. The number of rotatable bonds is 2. The second-order valence-corrected chi connectivity index (χ2v) is 5.26. The molecule has 0 saturated carbocycles. The molecular weight excluding hydrogens is 264 g/mol. The molecule has 0 unspecified atom stereocenters. The van der Waals surface area contributed by atoms with Crippen LogP contribution in [-0.4, -0.2) is 36.1 Å². The number of para-hydroxylation sites is 1. The number of aryl methyl sites for hydroxylation is 1. The molecule has 1 fully saturated rings. The average Bonchev–Trinajstić information content (AvgIpc) is 2.48. The molecule has 6 nitrogen and oxygen atoms in total. The first kappa shape index (κ1) is 13.5. The van der Waals surface area contributed by atoms with E-state index in [2.05, 4.69) is 51.0 Å². The summed E-state index contributed by atoms with van der Waals surface area (Å²) in [5.41, 5.74) is 15.0. The van der Waals surface area contributed by atoms with Crippen LogP contribution in [-0.2, 0) is 0 Å². The highest BCUT2D eigenvalue weighted by Crippen LogP contribution is 2.25. The molecule has 1 aliphatic heterocycles. The van der Waals surface area contributed by atoms with Crippen molar-refractivity contribution in [2.75, 3.05) is 47.4 Å². The number of nitrogen functional groups attached to an aromatic ring is 2. The van der Waals surface area contributed by atoms with E-state index in [0.29, 0.717) is 5.82 Å². The Morgan fingerprint density at radius 3 is 2.19 bits per heavy atom. The fourth-order valence-electron chi connectivity index (χ4n) is 2.75. The zero-order valence-corrected chi connectivity index (χ0v) is 12.2. The van der Waals surface area contributed by atoms with Crippen molar-refractivity contribution in [2.24, 2.45) is 0 Å². The molecule has 3 rings (SSSR count). The van der Waals surface area contributed by atoms with Gasteiger partial charge in [0.05, 0.1) is 11.9 Å². The number of piperazine rings is 1. The molecule has 1 aromatic heterocycles. The van der Waals surface area contributed by atoms with Crippen molar-refractivity contribution >= 4 is 23.1 Å². The monoisotopic (exact) mass is 284 g/mol. The van der Waals surface area contributed by atoms with Gasteiger partial charge in [0.1, 0.15) is 0 Å². The van der Waals surface area contributed by atoms with E-state index in [0.717, 1.165) is 31.9 Å². The molecule has 0 radical (unpaired) electrons. The van der Waals surface area contributed by atoms with Crippen LogP contribution in [0, 0.1) is 6.92 Å². The van der Waals surface area contributed by atoms with Crippen LogP contribution in [0.1, 0.15) is 5.56 Å². The molecule has 6 heteroatoms. The van der Waals surface area contributed by atoms with Gasteiger partial charge in [-0.05, 0) is 18.6 Å². The van der Waals surface area contributed by atoms with E-state index in [-0.39, 0.29) is 5.95 Å². The van der Waals surface area contributed by atoms with E-state index >= 15 is 0 Å². The van der Waals surface area contributed by atoms with Crippen molar-refractivity contribution in [2.45, 2.75) is 6.92 Å². The molecular formula is C15H20N6. The molecule has 0 amide bonds. The highest BCUT2D eigenvalue weighted by molar-refractivity contribution is 5.64. The lowest BCUT2D eigenvalue weighted by Gasteiger charge is -2.38. The highest BCUT2D eigenvalue weighted by atomic mass is 15.3. The Morgan fingerprint density at radius 2 is 1.57 bits per heavy atom. The van der Waals surface area contributed by atoms with Crippen LogP contribution in [0.5, 0.6) is 0 Å². The third kappa shape index (κ3) is 2.69. The SMILES string of the molecule is Cc1ccccc1N1CCN(c2cnc(N)nc2N)CC1. The van der Waals surface area contributed by atoms with Gasteiger partial charge in [0.2, 0.25) is 5.95 Å². The van der Waals surface area contributed by atoms with E-state index in [4.69, 9.17) is 11.5 Å². The molecule has 1 saturated heterocycles. The van der Waals surface area contributed by atoms with E-state index in [1.54, 1.807) is 6.20 Å². The number of hydrogen-bond donors (Lipinski definition) is 2. The van der Waals surface area contributed by atoms with Gasteiger partial charge in [-0.3, -0.25) is 0 Å². The van der Waals surface area contributed by atoms with Gasteiger partial charge in [0.15, 0.2) is 5.82 Å². The molecule has 0 aliphatic carbocycles. The third-order valence-electron chi connectivity index (χ3n) is 3.89. The third-order valence-corrected chi connectivity index (χ3v) is 3.89. The number of benzene rings is 1. The molecule has 0 spiro atoms. The maximum atomic E-state index is 5.94. The van der Waals surface area contributed by atoms with Gasteiger partial charge in [0, 0.05) is 31.9 Å². The summed E-state index contributed by atoms with van der Waals surface area (Å²) < 4.78 is 0. The minimum Gasteiger partial charge on any atom is -0.382 e. The normalized spacial score (nSPS) is 15.3. The highest BCUT2D eigenvalue weighted by Gasteiger charge is 2.20. The molecule has 2 heterocycles. The van der Waals surface area contributed by atoms with Crippen LogP contribution in [0.15, 0.2) is 30.5 Å². The van der Waals surface area contributed by atoms with Crippen LogP contribution in [0.25, 0.3) is 0 Å². The Balaban J connectivity index is 1.72. The molecule has 0 bridgehead atoms. The van der Waals surface area contributed by atoms with Gasteiger partial charge in [-0.2, -0.15) is 4.98 Å². The van der Waals surface area contributed by atoms with Gasteiger partial charge in [-0.1, -0.05) is 18.2 Å². The standard InChI is InChI=1S/C15H20N6/c1-11-4-2-3-5-12(11)20-6-8-21(9-7-20)13-10-18-15(17)19-14(13)16/h2-5,10H,6-9H2,1H3,(H4,16,17,18,19). The van der Waals surface area contributed by atoms with Gasteiger partial charge < -0.3 is 21.3 Å². The number of aromatic nitrogens is 2. The number of nitrogens with two attached hydrogens (primary N) is 2. The number of anilines is 4. The van der Waals surface area contributed by atoms with Crippen molar-refractivity contribution in [1.82, 2.24) is 9.97 Å². The molecule has 1 aliphatic rings. The minimum absolute atomic E-state index is 0.217. The first-order chi connectivity index (χ1) is 10.1. The summed E-state index contributed by atoms with van der Waals surface area (Å²) in [7, 11) is 0. The van der Waals surface area contributed by atoms with Crippen molar-refractivity contribution in [3.63, 3.8) is 0 Å². The molecule has 4 N–H and O–H groups in total. The van der Waals surface area contributed by atoms with E-state index in [9.17, 15) is 0 Å². The largest absolute Gasteiger partial charge is 0.382 e. The summed E-state index contributed by atoms with van der Waals surface area (Å²) in [6, 6.07) is 8.47. The van der Waals surface area contributed by atoms with E-state index < -0.39 is 0 Å². The predicted octanol–water partition coefficient (Wildman–Crippen LogP) is 1.28. The Bertz CT molecular complexity index is 634. The van der Waals surface area contributed by atoms with Gasteiger partial charge in [-0.25, -0.2) is 4.98 Å². The summed E-state index contributed by atoms with van der Waals surface area (Å²) in [5.74, 6) is 0.668. The fraction of sp³-hybridized carbons (Fsp3) is 0.333. The van der Waals surface area contributed by atoms with Gasteiger partial charge in [-0.15, -0.1) is 0 Å². The lowest BCUT2D eigenvalue weighted by atomic mass is 10.1. The van der Waals surface area contributed by atoms with E-state index in [1.165, 1.54) is 11.3 Å². The maximum Gasteiger partial charge on any atom is 0.222 e. The first-order valence-corrected chi connectivity index (χ1v) is 7.08. The smallest absolute Gasteiger partial charge is 0.222 e. The molecule has 1 aromatic carbocycles. The Labute approximate surface area is 124 Å². The summed E-state index contributed by atoms with van der Waals surface area (Å²) in [5, 5.41) is 0. The zero-order valence-electron chi connectivity index (χ0n) is 12.2. The van der Waals surface area contributed by atoms with Gasteiger partial charge >= 0.3 is 0 Å². The number of hydrogen-bond acceptors (Lipinski definition) is 6. The van der Waals surface area contributed by atoms with Crippen LogP contribution in [0.4, 0.5) is 23.1 Å². The Kier molecular flexibility index (Phi) is 3.51. The molecule has 21 heavy (non-hydrogen) atoms. The van der Waals surface area contributed by atoms with Crippen molar-refractivity contribution in [3.8, 4) is 0 Å². The Morgan fingerprint density at radius 1 is 0.952 bits per heavy atom. The second-order valence-electron chi connectivity index (χ2n) is 5.26. The van der Waals surface area contributed by atoms with Crippen LogP contribution in [0.3, 0.4) is 0 Å². The number of nitrogens with zero attached hydrogens (tertiary/aromatic N) is 4. The topological polar surface area (TPSA) is 84.3 Å². The lowest BCUT2D eigenvalue weighted by Crippen LogP contribution is -2.47. The Hall–Kier alpha value is -2.50.